The van der Waals surface area contributed by atoms with Crippen molar-refractivity contribution in [3.63, 3.8) is 0 Å². The summed E-state index contributed by atoms with van der Waals surface area (Å²) in [6.07, 6.45) is 0.417. The maximum atomic E-state index is 12.5. The molecule has 1 unspecified atom stereocenters. The number of carbonyl (C=O) groups excluding carboxylic acids is 1. The molecule has 2 aliphatic rings. The highest BCUT2D eigenvalue weighted by Gasteiger charge is 2.32. The maximum Gasteiger partial charge on any atom is 0.337 e. The molecule has 2 aliphatic heterocycles. The Morgan fingerprint density at radius 3 is 2.93 bits per heavy atom. The van der Waals surface area contributed by atoms with E-state index in [1.54, 1.807) is 19.4 Å². The zero-order chi connectivity index (χ0) is 22.1. The van der Waals surface area contributed by atoms with Gasteiger partial charge in [-0.15, -0.1) is 0 Å². The molecule has 166 valence electrons. The molecule has 0 aromatic rings. The van der Waals surface area contributed by atoms with E-state index in [0.29, 0.717) is 48.3 Å². The summed E-state index contributed by atoms with van der Waals surface area (Å²) < 4.78 is 11.0. The second-order valence-corrected chi connectivity index (χ2v) is 7.78. The molecule has 9 nitrogen and oxygen atoms in total. The molecule has 2 N–H and O–H groups in total. The van der Waals surface area contributed by atoms with Gasteiger partial charge in [0, 0.05) is 38.3 Å². The number of carboxylic acids is 1. The number of ether oxygens (including phenoxy) is 2. The number of carbonyl (C=O) groups is 2. The lowest BCUT2D eigenvalue weighted by molar-refractivity contribution is -0.139. The monoisotopic (exact) mass is 438 g/mol. The summed E-state index contributed by atoms with van der Waals surface area (Å²) in [5, 5.41) is 14.7. The molecule has 2 atom stereocenters. The Balaban J connectivity index is 2.27. The molecule has 0 radical (unpaired) electrons. The Hall–Kier alpha value is -2.17. The summed E-state index contributed by atoms with van der Waals surface area (Å²) in [7, 11) is 1.67. The van der Waals surface area contributed by atoms with E-state index in [0.717, 1.165) is 0 Å². The molecule has 0 aromatic carbocycles. The average Bonchev–Trinajstić information content (AvgIpc) is 2.71. The molecule has 1 saturated heterocycles. The van der Waals surface area contributed by atoms with Crippen LogP contribution in [-0.4, -0.2) is 84.9 Å². The van der Waals surface area contributed by atoms with Gasteiger partial charge in [0.25, 0.3) is 0 Å². The SMILES string of the molecule is C=CSC(=NC)C1=NCC(C(=O)OCC)=C(CN2CCO[C@H](C)C2CCC(=O)O)N1. The van der Waals surface area contributed by atoms with Gasteiger partial charge in [-0.05, 0) is 25.7 Å². The Labute approximate surface area is 181 Å². The van der Waals surface area contributed by atoms with Crippen LogP contribution in [0.15, 0.2) is 33.2 Å². The van der Waals surface area contributed by atoms with Gasteiger partial charge >= 0.3 is 11.9 Å². The Morgan fingerprint density at radius 2 is 2.30 bits per heavy atom. The van der Waals surface area contributed by atoms with Crippen molar-refractivity contribution in [2.24, 2.45) is 9.98 Å². The van der Waals surface area contributed by atoms with Crippen LogP contribution in [0.5, 0.6) is 0 Å². The van der Waals surface area contributed by atoms with Crippen LogP contribution in [0, 0.1) is 0 Å². The van der Waals surface area contributed by atoms with Crippen molar-refractivity contribution in [3.8, 4) is 0 Å². The van der Waals surface area contributed by atoms with Crippen LogP contribution in [0.4, 0.5) is 0 Å². The number of nitrogens with zero attached hydrogens (tertiary/aromatic N) is 3. The lowest BCUT2D eigenvalue weighted by Gasteiger charge is -2.40. The average molecular weight is 439 g/mol. The van der Waals surface area contributed by atoms with E-state index in [2.05, 4.69) is 26.8 Å². The van der Waals surface area contributed by atoms with Gasteiger partial charge in [-0.3, -0.25) is 19.7 Å². The molecule has 1 fully saturated rings. The standard InChI is InChI=1S/C20H30N4O5S/c1-5-28-20(27)14-11-22-18(19(21-4)30-6-2)23-15(14)12-24-9-10-29-13(3)16(24)7-8-17(25)26/h6,13,16H,2,5,7-12H2,1,3-4H3,(H,22,23)(H,25,26)/t13-,16?/m1/s1. The normalized spacial score (nSPS) is 22.9. The Morgan fingerprint density at radius 1 is 1.53 bits per heavy atom. The zero-order valence-corrected chi connectivity index (χ0v) is 18.5. The van der Waals surface area contributed by atoms with E-state index in [-0.39, 0.29) is 31.7 Å². The number of rotatable bonds is 9. The fraction of sp³-hybridized carbons (Fsp3) is 0.600. The smallest absolute Gasteiger partial charge is 0.337 e. The molecule has 2 rings (SSSR count). The summed E-state index contributed by atoms with van der Waals surface area (Å²) in [5.74, 6) is -0.666. The third-order valence-electron chi connectivity index (χ3n) is 4.94. The lowest BCUT2D eigenvalue weighted by Crippen LogP contribution is -2.52. The number of esters is 1. The minimum Gasteiger partial charge on any atom is -0.481 e. The molecular weight excluding hydrogens is 408 g/mol. The topological polar surface area (TPSA) is 113 Å². The molecule has 10 heteroatoms. The first-order chi connectivity index (χ1) is 14.4. The quantitative estimate of drug-likeness (QED) is 0.318. The fourth-order valence-electron chi connectivity index (χ4n) is 3.48. The summed E-state index contributed by atoms with van der Waals surface area (Å²) in [5.41, 5.74) is 1.16. The van der Waals surface area contributed by atoms with Gasteiger partial charge in [0.15, 0.2) is 5.84 Å². The van der Waals surface area contributed by atoms with E-state index in [4.69, 9.17) is 14.6 Å². The third kappa shape index (κ3) is 6.41. The van der Waals surface area contributed by atoms with Crippen molar-refractivity contribution >= 4 is 34.6 Å². The third-order valence-corrected chi connectivity index (χ3v) is 5.70. The molecule has 0 aliphatic carbocycles. The summed E-state index contributed by atoms with van der Waals surface area (Å²) in [6.45, 7) is 9.50. The number of carboxylic acid groups (broad SMARTS) is 1. The summed E-state index contributed by atoms with van der Waals surface area (Å²) in [4.78, 5) is 34.5. The van der Waals surface area contributed by atoms with E-state index >= 15 is 0 Å². The summed E-state index contributed by atoms with van der Waals surface area (Å²) in [6, 6.07) is -0.0724. The van der Waals surface area contributed by atoms with Crippen molar-refractivity contribution in [3.05, 3.63) is 23.3 Å². The number of thioether (sulfide) groups is 1. The van der Waals surface area contributed by atoms with Crippen LogP contribution < -0.4 is 5.32 Å². The first-order valence-electron chi connectivity index (χ1n) is 9.94. The molecule has 0 spiro atoms. The van der Waals surface area contributed by atoms with Crippen LogP contribution in [0.25, 0.3) is 0 Å². The Kier molecular flexibility index (Phi) is 9.54. The zero-order valence-electron chi connectivity index (χ0n) is 17.7. The maximum absolute atomic E-state index is 12.5. The van der Waals surface area contributed by atoms with Crippen molar-refractivity contribution in [2.75, 3.05) is 39.9 Å². The van der Waals surface area contributed by atoms with Gasteiger partial charge in [-0.25, -0.2) is 4.79 Å². The van der Waals surface area contributed by atoms with Gasteiger partial charge < -0.3 is 19.9 Å². The molecule has 0 saturated carbocycles. The highest BCUT2D eigenvalue weighted by Crippen LogP contribution is 2.22. The van der Waals surface area contributed by atoms with Gasteiger partial charge in [0.05, 0.1) is 31.4 Å². The van der Waals surface area contributed by atoms with Gasteiger partial charge in [0.1, 0.15) is 5.04 Å². The number of amidine groups is 1. The van der Waals surface area contributed by atoms with E-state index in [1.165, 1.54) is 11.8 Å². The Bertz CT molecular complexity index is 749. The van der Waals surface area contributed by atoms with E-state index in [1.807, 2.05) is 6.92 Å². The second kappa shape index (κ2) is 11.9. The number of aliphatic imine (C=N–C) groups is 2. The van der Waals surface area contributed by atoms with Gasteiger partial charge in [-0.2, -0.15) is 0 Å². The molecule has 0 amide bonds. The van der Waals surface area contributed by atoms with Crippen molar-refractivity contribution in [2.45, 2.75) is 38.8 Å². The van der Waals surface area contributed by atoms with Crippen LogP contribution in [0.3, 0.4) is 0 Å². The molecule has 2 heterocycles. The highest BCUT2D eigenvalue weighted by atomic mass is 32.2. The van der Waals surface area contributed by atoms with Gasteiger partial charge in [0.2, 0.25) is 0 Å². The van der Waals surface area contributed by atoms with E-state index in [9.17, 15) is 9.59 Å². The first kappa shape index (κ1) is 24.1. The highest BCUT2D eigenvalue weighted by molar-refractivity contribution is 8.18. The van der Waals surface area contributed by atoms with Crippen LogP contribution in [0.2, 0.25) is 0 Å². The van der Waals surface area contributed by atoms with Crippen LogP contribution in [-0.2, 0) is 19.1 Å². The molecule has 30 heavy (non-hydrogen) atoms. The number of hydrogen-bond acceptors (Lipinski definition) is 9. The fourth-order valence-corrected chi connectivity index (χ4v) is 3.97. The first-order valence-corrected chi connectivity index (χ1v) is 10.8. The van der Waals surface area contributed by atoms with Crippen molar-refractivity contribution < 1.29 is 24.2 Å². The number of aliphatic carboxylic acids is 1. The number of hydrogen-bond donors (Lipinski definition) is 2. The van der Waals surface area contributed by atoms with Crippen molar-refractivity contribution in [1.29, 1.82) is 0 Å². The predicted molar refractivity (Wildman–Crippen MR) is 118 cm³/mol. The second-order valence-electron chi connectivity index (χ2n) is 6.83. The molecule has 0 bridgehead atoms. The van der Waals surface area contributed by atoms with Crippen LogP contribution in [0.1, 0.15) is 26.7 Å². The van der Waals surface area contributed by atoms with Gasteiger partial charge in [-0.1, -0.05) is 18.3 Å². The predicted octanol–water partition coefficient (Wildman–Crippen LogP) is 1.66. The molecule has 0 aromatic heterocycles. The van der Waals surface area contributed by atoms with E-state index < -0.39 is 11.9 Å². The number of nitrogens with one attached hydrogen (secondary N) is 1. The largest absolute Gasteiger partial charge is 0.481 e. The minimum atomic E-state index is -0.838. The minimum absolute atomic E-state index is 0.0569. The summed E-state index contributed by atoms with van der Waals surface area (Å²) >= 11 is 1.35. The lowest BCUT2D eigenvalue weighted by atomic mass is 10.0. The van der Waals surface area contributed by atoms with Crippen LogP contribution >= 0.6 is 11.8 Å². The molecular formula is C20H30N4O5S. The number of morpholine rings is 1. The van der Waals surface area contributed by atoms with Crippen molar-refractivity contribution in [1.82, 2.24) is 10.2 Å².